The van der Waals surface area contributed by atoms with E-state index in [-0.39, 0.29) is 5.56 Å². The van der Waals surface area contributed by atoms with Crippen LogP contribution in [0.3, 0.4) is 0 Å². The van der Waals surface area contributed by atoms with Crippen LogP contribution in [-0.2, 0) is 0 Å². The summed E-state index contributed by atoms with van der Waals surface area (Å²) in [6.45, 7) is 0. The van der Waals surface area contributed by atoms with Crippen LogP contribution in [-0.4, -0.2) is 11.9 Å². The molecule has 0 heterocycles. The van der Waals surface area contributed by atoms with Crippen molar-refractivity contribution in [1.29, 1.82) is 0 Å². The molecule has 0 saturated heterocycles. The molecule has 0 bridgehead atoms. The van der Waals surface area contributed by atoms with E-state index < -0.39 is 11.7 Å². The minimum Gasteiger partial charge on any atom is -0.422 e. The molecule has 3 nitrogen and oxygen atoms in total. The maximum atomic E-state index is 12.8. The zero-order valence-electron chi connectivity index (χ0n) is 5.99. The highest BCUT2D eigenvalue weighted by Crippen LogP contribution is 2.06. The zero-order chi connectivity index (χ0) is 8.97. The van der Waals surface area contributed by atoms with E-state index in [0.717, 1.165) is 6.07 Å². The Hall–Kier alpha value is -1.80. The van der Waals surface area contributed by atoms with Gasteiger partial charge in [-0.2, -0.15) is 0 Å². The predicted octanol–water partition coefficient (Wildman–Crippen LogP) is 1.71. The number of carbonyl (C=O) groups is 1. The molecule has 0 aliphatic rings. The van der Waals surface area contributed by atoms with E-state index in [9.17, 15) is 9.18 Å². The van der Waals surface area contributed by atoms with Crippen LogP contribution in [0.4, 0.5) is 4.39 Å². The van der Waals surface area contributed by atoms with Crippen molar-refractivity contribution in [2.45, 2.75) is 0 Å². The molecular weight excluding hydrogens is 159 g/mol. The number of aliphatic imine (C=N–C) groups is 1. The monoisotopic (exact) mass is 163 g/mol. The normalized spacial score (nSPS) is 8.75. The van der Waals surface area contributed by atoms with Gasteiger partial charge in [0.1, 0.15) is 5.82 Å². The number of amides is 1. The highest BCUT2D eigenvalue weighted by Gasteiger charge is 2.03. The first kappa shape index (κ1) is 8.30. The predicted molar refractivity (Wildman–Crippen MR) is 41.5 cm³/mol. The van der Waals surface area contributed by atoms with Crippen molar-refractivity contribution in [3.63, 3.8) is 0 Å². The van der Waals surface area contributed by atoms with Crippen LogP contribution in [0.2, 0.25) is 0 Å². The van der Waals surface area contributed by atoms with Crippen molar-refractivity contribution in [2.24, 2.45) is 4.99 Å². The van der Waals surface area contributed by atoms with Crippen molar-refractivity contribution >= 4 is 11.9 Å². The Bertz CT molecular complexity index is 356. The summed E-state index contributed by atoms with van der Waals surface area (Å²) in [5.41, 5.74) is -0.181. The summed E-state index contributed by atoms with van der Waals surface area (Å²) in [5, 5.41) is 8.03. The number of nitrogens with zero attached hydrogens (tertiary/aromatic N) is 2. The molecule has 0 aliphatic carbocycles. The second-order valence-electron chi connectivity index (χ2n) is 2.00. The molecule has 4 heteroatoms. The van der Waals surface area contributed by atoms with Crippen LogP contribution in [0.25, 0.3) is 5.41 Å². The van der Waals surface area contributed by atoms with Crippen LogP contribution < -0.4 is 0 Å². The van der Waals surface area contributed by atoms with Crippen LogP contribution >= 0.6 is 0 Å². The molecule has 0 unspecified atom stereocenters. The molecule has 0 fully saturated rings. The van der Waals surface area contributed by atoms with Gasteiger partial charge >= 0.3 is 0 Å². The van der Waals surface area contributed by atoms with Gasteiger partial charge in [0, 0.05) is 0 Å². The van der Waals surface area contributed by atoms with Crippen molar-refractivity contribution < 1.29 is 9.18 Å². The fraction of sp³-hybridized carbons (Fsp3) is 0. The van der Waals surface area contributed by atoms with Crippen molar-refractivity contribution in [3.05, 3.63) is 41.1 Å². The number of rotatable bonds is 1. The molecule has 1 aromatic rings. The van der Waals surface area contributed by atoms with Gasteiger partial charge in [-0.15, -0.1) is 6.01 Å². The van der Waals surface area contributed by atoms with Crippen LogP contribution in [0, 0.1) is 5.82 Å². The van der Waals surface area contributed by atoms with Gasteiger partial charge in [-0.05, 0) is 12.1 Å². The largest absolute Gasteiger partial charge is 0.422 e. The van der Waals surface area contributed by atoms with Crippen LogP contribution in [0.5, 0.6) is 0 Å². The number of hydrogen-bond donors (Lipinski definition) is 0. The lowest BCUT2D eigenvalue weighted by Gasteiger charge is -1.98. The minimum atomic E-state index is -0.851. The number of hydrogen-bond acceptors (Lipinski definition) is 1. The summed E-state index contributed by atoms with van der Waals surface area (Å²) in [6.07, 6.45) is 0. The van der Waals surface area contributed by atoms with Crippen LogP contribution in [0.15, 0.2) is 29.3 Å². The first-order valence-electron chi connectivity index (χ1n) is 3.14. The van der Waals surface area contributed by atoms with Gasteiger partial charge < -0.3 is 10.4 Å². The molecule has 12 heavy (non-hydrogen) atoms. The standard InChI is InChI=1S/C8H4FN2O/c9-7-4-2-1-3-6(7)8(12)11-5-10/h1-4H/q-1. The molecule has 1 amide bonds. The first-order chi connectivity index (χ1) is 5.75. The Morgan fingerprint density at radius 2 is 2.17 bits per heavy atom. The summed E-state index contributed by atoms with van der Waals surface area (Å²) in [4.78, 5) is 13.7. The average molecular weight is 163 g/mol. The minimum absolute atomic E-state index is 0.181. The molecule has 0 N–H and O–H groups in total. The topological polar surface area (TPSA) is 51.7 Å². The number of carbonyl (C=O) groups excluding carboxylic acids is 1. The molecule has 0 spiro atoms. The molecule has 60 valence electrons. The van der Waals surface area contributed by atoms with Gasteiger partial charge in [-0.1, -0.05) is 12.1 Å². The van der Waals surface area contributed by atoms with Gasteiger partial charge in [0.25, 0.3) is 0 Å². The summed E-state index contributed by atoms with van der Waals surface area (Å²) in [7, 11) is 0. The summed E-state index contributed by atoms with van der Waals surface area (Å²) >= 11 is 0. The van der Waals surface area contributed by atoms with E-state index in [1.807, 2.05) is 0 Å². The van der Waals surface area contributed by atoms with E-state index in [4.69, 9.17) is 5.41 Å². The molecule has 1 aromatic carbocycles. The fourth-order valence-corrected chi connectivity index (χ4v) is 0.740. The van der Waals surface area contributed by atoms with Gasteiger partial charge in [-0.25, -0.2) is 4.39 Å². The fourth-order valence-electron chi connectivity index (χ4n) is 0.740. The first-order valence-corrected chi connectivity index (χ1v) is 3.14. The van der Waals surface area contributed by atoms with Crippen molar-refractivity contribution in [2.75, 3.05) is 0 Å². The third-order valence-corrected chi connectivity index (χ3v) is 1.26. The average Bonchev–Trinajstić information content (AvgIpc) is 2.05. The van der Waals surface area contributed by atoms with E-state index in [0.29, 0.717) is 0 Å². The van der Waals surface area contributed by atoms with Gasteiger partial charge in [0.15, 0.2) is 5.91 Å². The second kappa shape index (κ2) is 3.55. The third-order valence-electron chi connectivity index (χ3n) is 1.26. The van der Waals surface area contributed by atoms with E-state index >= 15 is 0 Å². The molecular formula is C8H4FN2O-. The van der Waals surface area contributed by atoms with E-state index in [1.54, 1.807) is 0 Å². The highest BCUT2D eigenvalue weighted by atomic mass is 19.1. The maximum Gasteiger partial charge on any atom is 0.187 e. The van der Waals surface area contributed by atoms with Gasteiger partial charge in [0.2, 0.25) is 0 Å². The Morgan fingerprint density at radius 1 is 1.50 bits per heavy atom. The molecule has 0 aliphatic heterocycles. The van der Waals surface area contributed by atoms with Gasteiger partial charge in [0.05, 0.1) is 5.56 Å². The summed E-state index contributed by atoms with van der Waals surface area (Å²) < 4.78 is 12.8. The third kappa shape index (κ3) is 1.62. The molecule has 0 aromatic heterocycles. The Labute approximate surface area is 68.1 Å². The van der Waals surface area contributed by atoms with E-state index in [2.05, 4.69) is 4.99 Å². The zero-order valence-corrected chi connectivity index (χ0v) is 5.99. The lowest BCUT2D eigenvalue weighted by atomic mass is 10.2. The highest BCUT2D eigenvalue weighted by molar-refractivity contribution is 5.98. The number of benzene rings is 1. The SMILES string of the molecule is [N-]=C=NC(=O)c1ccccc1F. The number of halogens is 1. The van der Waals surface area contributed by atoms with Crippen LogP contribution in [0.1, 0.15) is 10.4 Å². The molecule has 0 radical (unpaired) electrons. The second-order valence-corrected chi connectivity index (χ2v) is 2.00. The lowest BCUT2D eigenvalue weighted by Crippen LogP contribution is -1.97. The van der Waals surface area contributed by atoms with Crippen molar-refractivity contribution in [1.82, 2.24) is 0 Å². The Morgan fingerprint density at radius 3 is 2.75 bits per heavy atom. The van der Waals surface area contributed by atoms with Crippen molar-refractivity contribution in [3.8, 4) is 0 Å². The smallest absolute Gasteiger partial charge is 0.187 e. The maximum absolute atomic E-state index is 12.8. The van der Waals surface area contributed by atoms with E-state index in [1.165, 1.54) is 24.2 Å². The lowest BCUT2D eigenvalue weighted by molar-refractivity contribution is 0.1000. The Balaban J connectivity index is 3.11. The van der Waals surface area contributed by atoms with Gasteiger partial charge in [-0.3, -0.25) is 4.79 Å². The molecule has 0 atom stereocenters. The Kier molecular flexibility index (Phi) is 2.46. The molecule has 1 rings (SSSR count). The summed E-state index contributed by atoms with van der Waals surface area (Å²) in [5.74, 6) is -1.52. The quantitative estimate of drug-likeness (QED) is 0.581. The summed E-state index contributed by atoms with van der Waals surface area (Å²) in [6, 6.07) is 6.68. The molecule has 0 saturated carbocycles.